The van der Waals surface area contributed by atoms with Crippen molar-refractivity contribution < 1.29 is 14.0 Å². The number of rotatable bonds is 4. The first-order valence-electron chi connectivity index (χ1n) is 8.91. The molecular weight excluding hydrogens is 328 g/mol. The predicted octanol–water partition coefficient (Wildman–Crippen LogP) is 4.81. The highest BCUT2D eigenvalue weighted by Gasteiger charge is 2.27. The first kappa shape index (κ1) is 16.4. The molecule has 1 fully saturated rings. The number of benzene rings is 2. The maximum atomic E-state index is 12.8. The van der Waals surface area contributed by atoms with Gasteiger partial charge in [0.1, 0.15) is 11.3 Å². The van der Waals surface area contributed by atoms with Crippen LogP contribution in [0.4, 0.5) is 11.4 Å². The Morgan fingerprint density at radius 2 is 1.58 bits per heavy atom. The van der Waals surface area contributed by atoms with Crippen molar-refractivity contribution in [1.82, 2.24) is 0 Å². The molecule has 0 spiro atoms. The minimum absolute atomic E-state index is 0.00805. The number of nitrogens with one attached hydrogen (secondary N) is 2. The van der Waals surface area contributed by atoms with Gasteiger partial charge >= 0.3 is 0 Å². The molecule has 26 heavy (non-hydrogen) atoms. The van der Waals surface area contributed by atoms with Crippen molar-refractivity contribution in [2.24, 2.45) is 5.92 Å². The fourth-order valence-electron chi connectivity index (χ4n) is 3.45. The molecule has 0 unspecified atom stereocenters. The van der Waals surface area contributed by atoms with Crippen molar-refractivity contribution in [3.63, 3.8) is 0 Å². The molecule has 1 heterocycles. The average molecular weight is 348 g/mol. The molecule has 1 saturated carbocycles. The molecule has 5 heteroatoms. The van der Waals surface area contributed by atoms with E-state index in [4.69, 9.17) is 4.42 Å². The summed E-state index contributed by atoms with van der Waals surface area (Å²) in [5.74, 6) is -0.285. The van der Waals surface area contributed by atoms with Crippen LogP contribution in [0.25, 0.3) is 11.0 Å². The first-order chi connectivity index (χ1) is 12.7. The monoisotopic (exact) mass is 348 g/mol. The number of para-hydroxylation sites is 2. The molecule has 0 radical (unpaired) electrons. The molecule has 0 bridgehead atoms. The number of carbonyl (C=O) groups excluding carboxylic acids is 2. The Morgan fingerprint density at radius 1 is 0.885 bits per heavy atom. The number of furan rings is 1. The van der Waals surface area contributed by atoms with Crippen molar-refractivity contribution in [3.05, 3.63) is 60.4 Å². The lowest BCUT2D eigenvalue weighted by molar-refractivity contribution is -0.119. The Kier molecular flexibility index (Phi) is 4.44. The third-order valence-corrected chi connectivity index (χ3v) is 4.81. The smallest absolute Gasteiger partial charge is 0.293 e. The topological polar surface area (TPSA) is 71.3 Å². The molecule has 132 valence electrons. The lowest BCUT2D eigenvalue weighted by Gasteiger charge is -2.11. The van der Waals surface area contributed by atoms with E-state index in [2.05, 4.69) is 10.6 Å². The number of amides is 2. The fourth-order valence-corrected chi connectivity index (χ4v) is 3.45. The zero-order valence-electron chi connectivity index (χ0n) is 14.3. The summed E-state index contributed by atoms with van der Waals surface area (Å²) in [4.78, 5) is 25.4. The molecule has 2 amide bonds. The van der Waals surface area contributed by atoms with Crippen LogP contribution < -0.4 is 10.6 Å². The molecule has 1 aromatic heterocycles. The molecule has 0 atom stereocenters. The Balaban J connectivity index is 1.67. The number of hydrogen-bond acceptors (Lipinski definition) is 3. The van der Waals surface area contributed by atoms with Crippen LogP contribution in [0.2, 0.25) is 0 Å². The number of anilines is 2. The summed E-state index contributed by atoms with van der Waals surface area (Å²) in [5, 5.41) is 6.50. The predicted molar refractivity (Wildman–Crippen MR) is 101 cm³/mol. The van der Waals surface area contributed by atoms with Gasteiger partial charge in [-0.3, -0.25) is 9.59 Å². The summed E-state index contributed by atoms with van der Waals surface area (Å²) in [6.07, 6.45) is 3.94. The summed E-state index contributed by atoms with van der Waals surface area (Å²) in [5.41, 5.74) is 1.70. The molecule has 2 N–H and O–H groups in total. The van der Waals surface area contributed by atoms with Crippen LogP contribution in [-0.2, 0) is 4.79 Å². The van der Waals surface area contributed by atoms with E-state index in [0.717, 1.165) is 31.1 Å². The second-order valence-corrected chi connectivity index (χ2v) is 6.59. The molecule has 1 aliphatic carbocycles. The van der Waals surface area contributed by atoms with E-state index in [-0.39, 0.29) is 23.5 Å². The van der Waals surface area contributed by atoms with Gasteiger partial charge in [0.15, 0.2) is 0 Å². The van der Waals surface area contributed by atoms with E-state index in [0.29, 0.717) is 17.0 Å². The van der Waals surface area contributed by atoms with E-state index in [1.165, 1.54) is 0 Å². The van der Waals surface area contributed by atoms with E-state index in [1.54, 1.807) is 18.2 Å². The van der Waals surface area contributed by atoms with E-state index < -0.39 is 0 Å². The lowest BCUT2D eigenvalue weighted by Crippen LogP contribution is -2.22. The lowest BCUT2D eigenvalue weighted by atomic mass is 10.1. The number of carbonyl (C=O) groups is 2. The second kappa shape index (κ2) is 7.04. The normalized spacial score (nSPS) is 14.5. The van der Waals surface area contributed by atoms with Crippen LogP contribution in [0.1, 0.15) is 36.2 Å². The van der Waals surface area contributed by atoms with Crippen LogP contribution in [0.3, 0.4) is 0 Å². The minimum Gasteiger partial charge on any atom is -0.449 e. The maximum Gasteiger partial charge on any atom is 0.293 e. The SMILES string of the molecule is O=C(Nc1ccccc1)c1oc2ccccc2c1NC(=O)C1CCCC1. The quantitative estimate of drug-likeness (QED) is 0.710. The number of fused-ring (bicyclic) bond motifs is 1. The Labute approximate surface area is 151 Å². The first-order valence-corrected chi connectivity index (χ1v) is 8.91. The molecule has 5 nitrogen and oxygen atoms in total. The minimum atomic E-state index is -0.380. The second-order valence-electron chi connectivity index (χ2n) is 6.59. The van der Waals surface area contributed by atoms with Crippen molar-refractivity contribution in [3.8, 4) is 0 Å². The van der Waals surface area contributed by atoms with Crippen LogP contribution in [-0.4, -0.2) is 11.8 Å². The van der Waals surface area contributed by atoms with Crippen molar-refractivity contribution in [2.45, 2.75) is 25.7 Å². The van der Waals surface area contributed by atoms with Gasteiger partial charge in [-0.05, 0) is 37.1 Å². The van der Waals surface area contributed by atoms with Gasteiger partial charge in [0.05, 0.1) is 0 Å². The summed E-state index contributed by atoms with van der Waals surface area (Å²) in [7, 11) is 0. The maximum absolute atomic E-state index is 12.8. The molecule has 4 rings (SSSR count). The van der Waals surface area contributed by atoms with Gasteiger partial charge in [-0.15, -0.1) is 0 Å². The van der Waals surface area contributed by atoms with Gasteiger partial charge in [0.25, 0.3) is 5.91 Å². The van der Waals surface area contributed by atoms with Gasteiger partial charge in [-0.1, -0.05) is 43.2 Å². The molecular formula is C21H20N2O3. The average Bonchev–Trinajstić information content (AvgIpc) is 3.31. The Bertz CT molecular complexity index is 940. The third-order valence-electron chi connectivity index (χ3n) is 4.81. The highest BCUT2D eigenvalue weighted by Crippen LogP contribution is 2.33. The van der Waals surface area contributed by atoms with Gasteiger partial charge in [0.2, 0.25) is 11.7 Å². The van der Waals surface area contributed by atoms with Crippen LogP contribution in [0.15, 0.2) is 59.0 Å². The van der Waals surface area contributed by atoms with Crippen LogP contribution in [0.5, 0.6) is 0 Å². The van der Waals surface area contributed by atoms with E-state index in [1.807, 2.05) is 36.4 Å². The van der Waals surface area contributed by atoms with Crippen molar-refractivity contribution in [1.29, 1.82) is 0 Å². The highest BCUT2D eigenvalue weighted by molar-refractivity contribution is 6.14. The van der Waals surface area contributed by atoms with E-state index in [9.17, 15) is 9.59 Å². The largest absolute Gasteiger partial charge is 0.449 e. The summed E-state index contributed by atoms with van der Waals surface area (Å²) < 4.78 is 5.77. The molecule has 3 aromatic rings. The van der Waals surface area contributed by atoms with Gasteiger partial charge in [-0.25, -0.2) is 0 Å². The Hall–Kier alpha value is -3.08. The Morgan fingerprint density at radius 3 is 2.35 bits per heavy atom. The van der Waals surface area contributed by atoms with Crippen molar-refractivity contribution in [2.75, 3.05) is 10.6 Å². The zero-order chi connectivity index (χ0) is 17.9. The van der Waals surface area contributed by atoms with Gasteiger partial charge < -0.3 is 15.1 Å². The standard InChI is InChI=1S/C21H20N2O3/c24-20(14-8-4-5-9-14)23-18-16-12-6-7-13-17(16)26-19(18)21(25)22-15-10-2-1-3-11-15/h1-3,6-7,10-14H,4-5,8-9H2,(H,22,25)(H,23,24). The fraction of sp³-hybridized carbons (Fsp3) is 0.238. The molecule has 0 saturated heterocycles. The summed E-state index contributed by atoms with van der Waals surface area (Å²) >= 11 is 0. The molecule has 2 aromatic carbocycles. The molecule has 1 aliphatic rings. The van der Waals surface area contributed by atoms with Crippen LogP contribution in [0, 0.1) is 5.92 Å². The summed E-state index contributed by atoms with van der Waals surface area (Å²) in [6.45, 7) is 0. The van der Waals surface area contributed by atoms with Crippen LogP contribution >= 0.6 is 0 Å². The summed E-state index contributed by atoms with van der Waals surface area (Å²) in [6, 6.07) is 16.5. The van der Waals surface area contributed by atoms with Gasteiger partial charge in [0, 0.05) is 17.0 Å². The molecule has 0 aliphatic heterocycles. The number of hydrogen-bond donors (Lipinski definition) is 2. The zero-order valence-corrected chi connectivity index (χ0v) is 14.3. The van der Waals surface area contributed by atoms with Crippen molar-refractivity contribution >= 4 is 34.2 Å². The highest BCUT2D eigenvalue weighted by atomic mass is 16.3. The van der Waals surface area contributed by atoms with Gasteiger partial charge in [-0.2, -0.15) is 0 Å². The van der Waals surface area contributed by atoms with E-state index >= 15 is 0 Å². The third kappa shape index (κ3) is 3.20.